The number of nitrogens with one attached hydrogen (secondary N) is 1. The molecule has 0 radical (unpaired) electrons. The van der Waals surface area contributed by atoms with E-state index in [0.29, 0.717) is 6.04 Å². The lowest BCUT2D eigenvalue weighted by atomic mass is 10.1. The number of aryl methyl sites for hydroxylation is 2. The molecule has 0 aromatic carbocycles. The van der Waals surface area contributed by atoms with Crippen LogP contribution in [-0.4, -0.2) is 16.8 Å². The lowest BCUT2D eigenvalue weighted by molar-refractivity contribution is 0.472. The van der Waals surface area contributed by atoms with Gasteiger partial charge >= 0.3 is 0 Å². The van der Waals surface area contributed by atoms with Crippen molar-refractivity contribution in [2.24, 2.45) is 5.92 Å². The molecule has 0 bridgehead atoms. The summed E-state index contributed by atoms with van der Waals surface area (Å²) in [6.45, 7) is 5.30. The smallest absolute Gasteiger partial charge is 0.0625 e. The maximum absolute atomic E-state index is 4.60. The van der Waals surface area contributed by atoms with E-state index in [9.17, 15) is 0 Å². The van der Waals surface area contributed by atoms with Crippen LogP contribution in [0.4, 0.5) is 0 Å². The fourth-order valence-corrected chi connectivity index (χ4v) is 2.22. The van der Waals surface area contributed by atoms with Crippen LogP contribution in [0.5, 0.6) is 0 Å². The summed E-state index contributed by atoms with van der Waals surface area (Å²) in [6, 6.07) is 2.78. The molecule has 1 atom stereocenters. The van der Waals surface area contributed by atoms with Gasteiger partial charge < -0.3 is 5.32 Å². The van der Waals surface area contributed by atoms with Crippen LogP contribution in [0.2, 0.25) is 0 Å². The highest BCUT2D eigenvalue weighted by Gasteiger charge is 2.33. The first-order chi connectivity index (χ1) is 7.30. The number of aromatic nitrogens is 2. The molecule has 1 fully saturated rings. The topological polar surface area (TPSA) is 29.9 Å². The molecule has 15 heavy (non-hydrogen) atoms. The summed E-state index contributed by atoms with van der Waals surface area (Å²) >= 11 is 0. The molecule has 1 unspecified atom stereocenters. The molecule has 1 aliphatic rings. The highest BCUT2D eigenvalue weighted by Crippen LogP contribution is 2.40. The van der Waals surface area contributed by atoms with Crippen LogP contribution >= 0.6 is 0 Å². The van der Waals surface area contributed by atoms with Gasteiger partial charge in [-0.2, -0.15) is 5.10 Å². The SMILES string of the molecule is CCc1cc(C(NC)C2CC2)n(CC)n1. The lowest BCUT2D eigenvalue weighted by Crippen LogP contribution is -2.21. The predicted molar refractivity (Wildman–Crippen MR) is 61.8 cm³/mol. The summed E-state index contributed by atoms with van der Waals surface area (Å²) in [5.74, 6) is 0.835. The number of hydrogen-bond donors (Lipinski definition) is 1. The maximum Gasteiger partial charge on any atom is 0.0625 e. The Kier molecular flexibility index (Phi) is 3.10. The zero-order chi connectivity index (χ0) is 10.8. The second-order valence-corrected chi connectivity index (χ2v) is 4.33. The Morgan fingerprint density at radius 1 is 1.53 bits per heavy atom. The summed E-state index contributed by atoms with van der Waals surface area (Å²) in [5, 5.41) is 8.03. The zero-order valence-electron chi connectivity index (χ0n) is 9.95. The molecule has 1 saturated carbocycles. The Hall–Kier alpha value is -0.830. The Labute approximate surface area is 91.9 Å². The molecule has 0 amide bonds. The summed E-state index contributed by atoms with van der Waals surface area (Å²) in [5.41, 5.74) is 2.59. The average molecular weight is 207 g/mol. The minimum absolute atomic E-state index is 0.512. The van der Waals surface area contributed by atoms with E-state index in [2.05, 4.69) is 42.1 Å². The summed E-state index contributed by atoms with van der Waals surface area (Å²) in [7, 11) is 2.06. The van der Waals surface area contributed by atoms with Crippen LogP contribution in [0, 0.1) is 5.92 Å². The van der Waals surface area contributed by atoms with Crippen LogP contribution in [0.3, 0.4) is 0 Å². The van der Waals surface area contributed by atoms with E-state index >= 15 is 0 Å². The van der Waals surface area contributed by atoms with Gasteiger partial charge in [-0.25, -0.2) is 0 Å². The Morgan fingerprint density at radius 3 is 2.73 bits per heavy atom. The van der Waals surface area contributed by atoms with Crippen molar-refractivity contribution in [1.29, 1.82) is 0 Å². The van der Waals surface area contributed by atoms with Crippen molar-refractivity contribution in [3.63, 3.8) is 0 Å². The molecule has 0 spiro atoms. The maximum atomic E-state index is 4.60. The van der Waals surface area contributed by atoms with E-state index in [0.717, 1.165) is 18.9 Å². The van der Waals surface area contributed by atoms with E-state index in [4.69, 9.17) is 0 Å². The fourth-order valence-electron chi connectivity index (χ4n) is 2.22. The molecule has 1 aromatic heterocycles. The molecular formula is C12H21N3. The van der Waals surface area contributed by atoms with Crippen LogP contribution < -0.4 is 5.32 Å². The minimum atomic E-state index is 0.512. The average Bonchev–Trinajstić information content (AvgIpc) is 2.99. The van der Waals surface area contributed by atoms with Crippen molar-refractivity contribution < 1.29 is 0 Å². The molecule has 0 aliphatic heterocycles. The van der Waals surface area contributed by atoms with Gasteiger partial charge in [-0.3, -0.25) is 4.68 Å². The van der Waals surface area contributed by atoms with Gasteiger partial charge in [0.15, 0.2) is 0 Å². The van der Waals surface area contributed by atoms with Gasteiger partial charge in [0.2, 0.25) is 0 Å². The van der Waals surface area contributed by atoms with E-state index in [-0.39, 0.29) is 0 Å². The highest BCUT2D eigenvalue weighted by molar-refractivity contribution is 5.17. The standard InChI is InChI=1S/C12H21N3/c1-4-10-8-11(15(5-2)14-10)12(13-3)9-6-7-9/h8-9,12-13H,4-7H2,1-3H3. The highest BCUT2D eigenvalue weighted by atomic mass is 15.3. The van der Waals surface area contributed by atoms with Gasteiger partial charge in [0.25, 0.3) is 0 Å². The van der Waals surface area contributed by atoms with Crippen LogP contribution in [-0.2, 0) is 13.0 Å². The quantitative estimate of drug-likeness (QED) is 0.801. The van der Waals surface area contributed by atoms with E-state index < -0.39 is 0 Å². The van der Waals surface area contributed by atoms with Crippen molar-refractivity contribution in [2.45, 2.75) is 45.7 Å². The van der Waals surface area contributed by atoms with Gasteiger partial charge in [-0.1, -0.05) is 6.92 Å². The largest absolute Gasteiger partial charge is 0.311 e. The molecule has 1 aliphatic carbocycles. The zero-order valence-corrected chi connectivity index (χ0v) is 9.95. The molecule has 2 rings (SSSR count). The summed E-state index contributed by atoms with van der Waals surface area (Å²) in [6.07, 6.45) is 3.75. The first-order valence-corrected chi connectivity index (χ1v) is 6.04. The number of rotatable bonds is 5. The van der Waals surface area contributed by atoms with Gasteiger partial charge in [0, 0.05) is 6.54 Å². The molecule has 84 valence electrons. The van der Waals surface area contributed by atoms with E-state index in [1.807, 2.05) is 0 Å². The second kappa shape index (κ2) is 4.35. The lowest BCUT2D eigenvalue weighted by Gasteiger charge is -2.16. The first-order valence-electron chi connectivity index (χ1n) is 6.04. The molecule has 1 N–H and O–H groups in total. The molecular weight excluding hydrogens is 186 g/mol. The van der Waals surface area contributed by atoms with Crippen molar-refractivity contribution >= 4 is 0 Å². The Morgan fingerprint density at radius 2 is 2.27 bits per heavy atom. The van der Waals surface area contributed by atoms with Crippen molar-refractivity contribution in [1.82, 2.24) is 15.1 Å². The van der Waals surface area contributed by atoms with Gasteiger partial charge in [0.05, 0.1) is 17.4 Å². The predicted octanol–water partition coefficient (Wildman–Crippen LogP) is 2.14. The summed E-state index contributed by atoms with van der Waals surface area (Å²) < 4.78 is 2.15. The second-order valence-electron chi connectivity index (χ2n) is 4.33. The third-order valence-corrected chi connectivity index (χ3v) is 3.25. The minimum Gasteiger partial charge on any atom is -0.311 e. The third-order valence-electron chi connectivity index (χ3n) is 3.25. The van der Waals surface area contributed by atoms with Crippen molar-refractivity contribution in [2.75, 3.05) is 7.05 Å². The Balaban J connectivity index is 2.26. The molecule has 3 nitrogen and oxygen atoms in total. The van der Waals surface area contributed by atoms with Crippen LogP contribution in [0.25, 0.3) is 0 Å². The van der Waals surface area contributed by atoms with Gasteiger partial charge in [0.1, 0.15) is 0 Å². The van der Waals surface area contributed by atoms with E-state index in [1.165, 1.54) is 24.2 Å². The van der Waals surface area contributed by atoms with E-state index in [1.54, 1.807) is 0 Å². The fraction of sp³-hybridized carbons (Fsp3) is 0.750. The summed E-state index contributed by atoms with van der Waals surface area (Å²) in [4.78, 5) is 0. The molecule has 1 heterocycles. The third kappa shape index (κ3) is 2.07. The van der Waals surface area contributed by atoms with Crippen LogP contribution in [0.1, 0.15) is 44.1 Å². The molecule has 0 saturated heterocycles. The molecule has 1 aromatic rings. The normalized spacial score (nSPS) is 18.1. The Bertz CT molecular complexity index is 326. The van der Waals surface area contributed by atoms with Gasteiger partial charge in [-0.05, 0) is 45.2 Å². The molecule has 3 heteroatoms. The van der Waals surface area contributed by atoms with Crippen molar-refractivity contribution in [3.8, 4) is 0 Å². The number of hydrogen-bond acceptors (Lipinski definition) is 2. The first kappa shape index (κ1) is 10.7. The van der Waals surface area contributed by atoms with Crippen molar-refractivity contribution in [3.05, 3.63) is 17.5 Å². The number of nitrogens with zero attached hydrogens (tertiary/aromatic N) is 2. The van der Waals surface area contributed by atoms with Gasteiger partial charge in [-0.15, -0.1) is 0 Å². The monoisotopic (exact) mass is 207 g/mol. The van der Waals surface area contributed by atoms with Crippen LogP contribution in [0.15, 0.2) is 6.07 Å².